The molecule has 4 aromatic rings. The van der Waals surface area contributed by atoms with Gasteiger partial charge < -0.3 is 9.47 Å². The van der Waals surface area contributed by atoms with E-state index in [0.717, 1.165) is 35.1 Å². The fraction of sp³-hybridized carbons (Fsp3) is 0.182. The first kappa shape index (κ1) is 26.6. The average molecular weight is 507 g/mol. The van der Waals surface area contributed by atoms with Crippen LogP contribution in [0.1, 0.15) is 61.6 Å². The minimum atomic E-state index is -0.787. The van der Waals surface area contributed by atoms with E-state index in [1.165, 1.54) is 19.8 Å². The van der Waals surface area contributed by atoms with Crippen molar-refractivity contribution < 1.29 is 23.9 Å². The van der Waals surface area contributed by atoms with Gasteiger partial charge >= 0.3 is 11.9 Å². The van der Waals surface area contributed by atoms with Gasteiger partial charge in [-0.2, -0.15) is 0 Å². The van der Waals surface area contributed by atoms with Crippen LogP contribution in [0.5, 0.6) is 0 Å². The van der Waals surface area contributed by atoms with Crippen molar-refractivity contribution in [3.05, 3.63) is 118 Å². The highest BCUT2D eigenvalue weighted by atomic mass is 16.5. The lowest BCUT2D eigenvalue weighted by Crippen LogP contribution is -2.19. The molecular formula is C33H30O5. The van der Waals surface area contributed by atoms with Crippen molar-refractivity contribution >= 4 is 17.7 Å². The molecule has 0 saturated carbocycles. The fourth-order valence-electron chi connectivity index (χ4n) is 4.58. The van der Waals surface area contributed by atoms with E-state index in [4.69, 9.17) is 9.47 Å². The molecule has 0 atom stereocenters. The summed E-state index contributed by atoms with van der Waals surface area (Å²) in [5.41, 5.74) is 5.52. The van der Waals surface area contributed by atoms with Crippen LogP contribution in [0.4, 0.5) is 0 Å². The number of benzene rings is 4. The highest BCUT2D eigenvalue weighted by Crippen LogP contribution is 2.33. The summed E-state index contributed by atoms with van der Waals surface area (Å²) in [6, 6.07) is 26.2. The highest BCUT2D eigenvalue weighted by molar-refractivity contribution is 6.20. The molecule has 0 heterocycles. The zero-order chi connectivity index (χ0) is 27.2. The van der Waals surface area contributed by atoms with Gasteiger partial charge in [-0.1, -0.05) is 92.7 Å². The van der Waals surface area contributed by atoms with Crippen LogP contribution in [-0.4, -0.2) is 31.9 Å². The van der Waals surface area contributed by atoms with Crippen LogP contribution in [0.3, 0.4) is 0 Å². The van der Waals surface area contributed by atoms with Crippen molar-refractivity contribution in [3.8, 4) is 22.3 Å². The molecule has 192 valence electrons. The van der Waals surface area contributed by atoms with E-state index in [9.17, 15) is 14.4 Å². The Morgan fingerprint density at radius 2 is 1.05 bits per heavy atom. The zero-order valence-corrected chi connectivity index (χ0v) is 22.0. The Bertz CT molecular complexity index is 1480. The van der Waals surface area contributed by atoms with Crippen LogP contribution in [0.25, 0.3) is 22.3 Å². The van der Waals surface area contributed by atoms with Gasteiger partial charge in [0, 0.05) is 11.1 Å². The number of hydrogen-bond acceptors (Lipinski definition) is 5. The number of hydrogen-bond donors (Lipinski definition) is 0. The van der Waals surface area contributed by atoms with Crippen LogP contribution < -0.4 is 0 Å². The van der Waals surface area contributed by atoms with Gasteiger partial charge in [-0.3, -0.25) is 4.79 Å². The molecule has 0 aliphatic rings. The number of ether oxygens (including phenoxy) is 2. The van der Waals surface area contributed by atoms with Crippen LogP contribution >= 0.6 is 0 Å². The minimum absolute atomic E-state index is 0.000715. The second-order valence-electron chi connectivity index (χ2n) is 8.87. The maximum absolute atomic E-state index is 14.0. The number of esters is 2. The third kappa shape index (κ3) is 5.14. The minimum Gasteiger partial charge on any atom is -0.465 e. The van der Waals surface area contributed by atoms with Crippen molar-refractivity contribution in [1.29, 1.82) is 0 Å². The van der Waals surface area contributed by atoms with Crippen LogP contribution in [0.2, 0.25) is 0 Å². The van der Waals surface area contributed by atoms with Crippen LogP contribution in [0, 0.1) is 0 Å². The largest absolute Gasteiger partial charge is 0.465 e. The number of carbonyl (C=O) groups is 3. The molecule has 38 heavy (non-hydrogen) atoms. The molecule has 0 bridgehead atoms. The van der Waals surface area contributed by atoms with Gasteiger partial charge in [0.05, 0.1) is 25.3 Å². The van der Waals surface area contributed by atoms with E-state index in [2.05, 4.69) is 13.8 Å². The highest BCUT2D eigenvalue weighted by Gasteiger charge is 2.30. The fourth-order valence-corrected chi connectivity index (χ4v) is 4.58. The summed E-state index contributed by atoms with van der Waals surface area (Å²) >= 11 is 0. The van der Waals surface area contributed by atoms with E-state index in [0.29, 0.717) is 11.1 Å². The maximum atomic E-state index is 14.0. The Hall–Kier alpha value is -4.51. The van der Waals surface area contributed by atoms with Crippen LogP contribution in [0.15, 0.2) is 84.9 Å². The molecule has 0 aromatic heterocycles. The third-order valence-corrected chi connectivity index (χ3v) is 6.75. The Morgan fingerprint density at radius 1 is 0.553 bits per heavy atom. The molecule has 0 radical (unpaired) electrons. The SMILES string of the molecule is CCc1ccc(-c2ccccc2C(=O)c2ccc(-c3ccc(CC)cc3)c(C(=O)OC)c2C(=O)OC)cc1. The van der Waals surface area contributed by atoms with E-state index in [-0.39, 0.29) is 16.7 Å². The number of carbonyl (C=O) groups excluding carboxylic acids is 3. The lowest BCUT2D eigenvalue weighted by Gasteiger charge is -2.17. The molecule has 5 nitrogen and oxygen atoms in total. The first-order valence-electron chi connectivity index (χ1n) is 12.6. The molecule has 0 saturated heterocycles. The Kier molecular flexibility index (Phi) is 8.17. The van der Waals surface area contributed by atoms with Gasteiger partial charge in [0.15, 0.2) is 5.78 Å². The van der Waals surface area contributed by atoms with Crippen molar-refractivity contribution in [2.45, 2.75) is 26.7 Å². The van der Waals surface area contributed by atoms with Crippen molar-refractivity contribution in [1.82, 2.24) is 0 Å². The molecule has 0 unspecified atom stereocenters. The van der Waals surface area contributed by atoms with Gasteiger partial charge in [0.25, 0.3) is 0 Å². The Labute approximate surface area is 223 Å². The van der Waals surface area contributed by atoms with E-state index >= 15 is 0 Å². The first-order valence-corrected chi connectivity index (χ1v) is 12.6. The molecule has 4 aromatic carbocycles. The molecule has 0 fully saturated rings. The normalized spacial score (nSPS) is 10.6. The summed E-state index contributed by atoms with van der Waals surface area (Å²) in [5.74, 6) is -1.90. The predicted octanol–water partition coefficient (Wildman–Crippen LogP) is 6.95. The van der Waals surface area contributed by atoms with Crippen molar-refractivity contribution in [3.63, 3.8) is 0 Å². The lowest BCUT2D eigenvalue weighted by molar-refractivity contribution is 0.0554. The molecule has 0 aliphatic heterocycles. The van der Waals surface area contributed by atoms with E-state index < -0.39 is 17.7 Å². The summed E-state index contributed by atoms with van der Waals surface area (Å²) in [7, 11) is 2.47. The molecular weight excluding hydrogens is 476 g/mol. The smallest absolute Gasteiger partial charge is 0.339 e. The van der Waals surface area contributed by atoms with Gasteiger partial charge in [0.1, 0.15) is 0 Å². The number of rotatable bonds is 8. The van der Waals surface area contributed by atoms with Gasteiger partial charge in [-0.05, 0) is 52.3 Å². The molecule has 0 spiro atoms. The summed E-state index contributed by atoms with van der Waals surface area (Å²) in [6.45, 7) is 4.14. The third-order valence-electron chi connectivity index (χ3n) is 6.75. The lowest BCUT2D eigenvalue weighted by atomic mass is 9.86. The quantitative estimate of drug-likeness (QED) is 0.191. The Morgan fingerprint density at radius 3 is 1.58 bits per heavy atom. The van der Waals surface area contributed by atoms with Crippen molar-refractivity contribution in [2.24, 2.45) is 0 Å². The summed E-state index contributed by atoms with van der Waals surface area (Å²) in [4.78, 5) is 40.3. The molecule has 4 rings (SSSR count). The monoisotopic (exact) mass is 506 g/mol. The number of aryl methyl sites for hydroxylation is 2. The maximum Gasteiger partial charge on any atom is 0.339 e. The standard InChI is InChI=1S/C33H30O5/c1-5-21-11-15-23(16-12-21)25-9-7-8-10-27(25)31(34)28-20-19-26(24-17-13-22(6-2)14-18-24)29(32(35)37-3)30(28)33(36)38-4/h7-20H,5-6H2,1-4H3. The Balaban J connectivity index is 1.93. The summed E-state index contributed by atoms with van der Waals surface area (Å²) in [5, 5.41) is 0. The first-order chi connectivity index (χ1) is 18.4. The number of ketones is 1. The van der Waals surface area contributed by atoms with E-state index in [1.807, 2.05) is 60.7 Å². The average Bonchev–Trinajstić information content (AvgIpc) is 2.99. The van der Waals surface area contributed by atoms with Gasteiger partial charge in [0.2, 0.25) is 0 Å². The van der Waals surface area contributed by atoms with Gasteiger partial charge in [-0.25, -0.2) is 9.59 Å². The predicted molar refractivity (Wildman–Crippen MR) is 149 cm³/mol. The molecule has 0 N–H and O–H groups in total. The van der Waals surface area contributed by atoms with Crippen molar-refractivity contribution in [2.75, 3.05) is 14.2 Å². The topological polar surface area (TPSA) is 69.7 Å². The zero-order valence-electron chi connectivity index (χ0n) is 22.0. The second-order valence-corrected chi connectivity index (χ2v) is 8.87. The second kappa shape index (κ2) is 11.7. The van der Waals surface area contributed by atoms with E-state index in [1.54, 1.807) is 24.3 Å². The summed E-state index contributed by atoms with van der Waals surface area (Å²) < 4.78 is 10.1. The number of methoxy groups -OCH3 is 2. The molecule has 0 amide bonds. The summed E-state index contributed by atoms with van der Waals surface area (Å²) in [6.07, 6.45) is 1.78. The molecule has 0 aliphatic carbocycles. The van der Waals surface area contributed by atoms with Gasteiger partial charge in [-0.15, -0.1) is 0 Å². The van der Waals surface area contributed by atoms with Crippen LogP contribution in [-0.2, 0) is 22.3 Å². The molecule has 5 heteroatoms.